The Hall–Kier alpha value is -0.970. The summed E-state index contributed by atoms with van der Waals surface area (Å²) in [4.78, 5) is 52.9. The van der Waals surface area contributed by atoms with Crippen molar-refractivity contribution in [2.75, 3.05) is 25.4 Å². The molecule has 0 heterocycles. The van der Waals surface area contributed by atoms with Gasteiger partial charge in [0.25, 0.3) is 0 Å². The Bertz CT molecular complexity index is 597. The molecule has 0 radical (unpaired) electrons. The smallest absolute Gasteiger partial charge is 0.383 e. The highest BCUT2D eigenvalue weighted by Crippen LogP contribution is 2.38. The number of hydrogen-bond acceptors (Lipinski definition) is 7. The van der Waals surface area contributed by atoms with Crippen molar-refractivity contribution in [3.05, 3.63) is 0 Å². The van der Waals surface area contributed by atoms with Crippen molar-refractivity contribution in [2.24, 2.45) is 5.41 Å². The van der Waals surface area contributed by atoms with Gasteiger partial charge in [0, 0.05) is 37.1 Å². The second kappa shape index (κ2) is 14.9. The predicted molar refractivity (Wildman–Crippen MR) is 115 cm³/mol. The molecule has 0 saturated carbocycles. The lowest BCUT2D eigenvalue weighted by molar-refractivity contribution is -0.137. The van der Waals surface area contributed by atoms with E-state index in [1.807, 2.05) is 0 Å². The summed E-state index contributed by atoms with van der Waals surface area (Å²) >= 11 is 1.19. The van der Waals surface area contributed by atoms with Gasteiger partial charge in [0.2, 0.25) is 11.8 Å². The standard InChI is InChI=1S/C18H35N2O8PS/c1-4-5-6-7-8-15(22)30-12-11-19-14(21)9-10-20-17(24)16(23)18(2,3)13-28-29(25,26)27/h16,23H,4-13H2,1-3H3,(H,19,21)(H,20,24)(H2,25,26,27)/t16-/m0/s1. The van der Waals surface area contributed by atoms with Crippen LogP contribution in [0.1, 0.15) is 59.3 Å². The van der Waals surface area contributed by atoms with Crippen LogP contribution >= 0.6 is 19.6 Å². The maximum atomic E-state index is 12.0. The lowest BCUT2D eigenvalue weighted by Crippen LogP contribution is -2.46. The number of aliphatic hydroxyl groups excluding tert-OH is 1. The summed E-state index contributed by atoms with van der Waals surface area (Å²) in [6.45, 7) is 4.75. The van der Waals surface area contributed by atoms with Crippen LogP contribution < -0.4 is 10.6 Å². The fraction of sp³-hybridized carbons (Fsp3) is 0.833. The summed E-state index contributed by atoms with van der Waals surface area (Å²) < 4.78 is 15.1. The number of rotatable bonds is 16. The topological polar surface area (TPSA) is 162 Å². The van der Waals surface area contributed by atoms with Crippen LogP contribution in [0, 0.1) is 5.41 Å². The fourth-order valence-corrected chi connectivity index (χ4v) is 3.51. The summed E-state index contributed by atoms with van der Waals surface area (Å²) in [6.07, 6.45) is 3.14. The lowest BCUT2D eigenvalue weighted by atomic mass is 9.87. The molecule has 0 bridgehead atoms. The van der Waals surface area contributed by atoms with E-state index >= 15 is 0 Å². The highest BCUT2D eigenvalue weighted by atomic mass is 32.2. The number of carbonyl (C=O) groups is 3. The number of thioether (sulfide) groups is 1. The van der Waals surface area contributed by atoms with Gasteiger partial charge in [-0.05, 0) is 6.42 Å². The second-order valence-corrected chi connectivity index (χ2v) is 9.97. The molecule has 0 unspecified atom stereocenters. The zero-order valence-electron chi connectivity index (χ0n) is 17.9. The molecule has 12 heteroatoms. The van der Waals surface area contributed by atoms with E-state index in [0.717, 1.165) is 25.7 Å². The van der Waals surface area contributed by atoms with E-state index in [-0.39, 0.29) is 24.0 Å². The molecule has 0 fully saturated rings. The maximum Gasteiger partial charge on any atom is 0.469 e. The normalized spacial score (nSPS) is 13.0. The largest absolute Gasteiger partial charge is 0.469 e. The minimum absolute atomic E-state index is 0.00645. The Kier molecular flexibility index (Phi) is 14.5. The quantitative estimate of drug-likeness (QED) is 0.165. The van der Waals surface area contributed by atoms with Gasteiger partial charge in [-0.3, -0.25) is 18.9 Å². The molecule has 1 atom stereocenters. The van der Waals surface area contributed by atoms with Crippen molar-refractivity contribution in [1.29, 1.82) is 0 Å². The first-order chi connectivity index (χ1) is 13.9. The number of amides is 2. The van der Waals surface area contributed by atoms with Crippen molar-refractivity contribution in [2.45, 2.75) is 65.4 Å². The van der Waals surface area contributed by atoms with Crippen molar-refractivity contribution in [3.63, 3.8) is 0 Å². The molecule has 176 valence electrons. The third-order valence-electron chi connectivity index (χ3n) is 4.17. The van der Waals surface area contributed by atoms with E-state index in [0.29, 0.717) is 18.7 Å². The highest BCUT2D eigenvalue weighted by Gasteiger charge is 2.35. The molecule has 0 aliphatic rings. The first kappa shape index (κ1) is 29.0. The lowest BCUT2D eigenvalue weighted by Gasteiger charge is -2.29. The predicted octanol–water partition coefficient (Wildman–Crippen LogP) is 1.34. The minimum atomic E-state index is -4.71. The third kappa shape index (κ3) is 14.9. The highest BCUT2D eigenvalue weighted by molar-refractivity contribution is 8.13. The summed E-state index contributed by atoms with van der Waals surface area (Å²) in [5.74, 6) is -0.590. The van der Waals surface area contributed by atoms with Gasteiger partial charge in [-0.2, -0.15) is 0 Å². The van der Waals surface area contributed by atoms with Gasteiger partial charge in [0.1, 0.15) is 6.10 Å². The van der Waals surface area contributed by atoms with Gasteiger partial charge in [-0.1, -0.05) is 51.8 Å². The Morgan fingerprint density at radius 3 is 2.33 bits per heavy atom. The zero-order chi connectivity index (χ0) is 23.2. The number of aliphatic hydroxyl groups is 1. The van der Waals surface area contributed by atoms with Crippen LogP contribution in [0.15, 0.2) is 0 Å². The van der Waals surface area contributed by atoms with Gasteiger partial charge >= 0.3 is 7.82 Å². The van der Waals surface area contributed by atoms with Crippen LogP contribution in [-0.2, 0) is 23.5 Å². The Labute approximate surface area is 182 Å². The van der Waals surface area contributed by atoms with Crippen molar-refractivity contribution < 1.29 is 38.4 Å². The van der Waals surface area contributed by atoms with Crippen LogP contribution in [0.4, 0.5) is 0 Å². The summed E-state index contributed by atoms with van der Waals surface area (Å²) in [5.41, 5.74) is -1.24. The molecular formula is C18H35N2O8PS. The van der Waals surface area contributed by atoms with Crippen LogP contribution in [0.5, 0.6) is 0 Å². The molecule has 0 saturated heterocycles. The van der Waals surface area contributed by atoms with E-state index in [1.165, 1.54) is 25.6 Å². The summed E-state index contributed by atoms with van der Waals surface area (Å²) in [6, 6.07) is 0. The van der Waals surface area contributed by atoms with Crippen molar-refractivity contribution >= 4 is 36.5 Å². The van der Waals surface area contributed by atoms with Gasteiger partial charge in [-0.25, -0.2) is 4.57 Å². The van der Waals surface area contributed by atoms with E-state index in [2.05, 4.69) is 22.1 Å². The Morgan fingerprint density at radius 1 is 1.07 bits per heavy atom. The Balaban J connectivity index is 3.97. The molecule has 0 spiro atoms. The monoisotopic (exact) mass is 470 g/mol. The minimum Gasteiger partial charge on any atom is -0.383 e. The Morgan fingerprint density at radius 2 is 1.73 bits per heavy atom. The number of nitrogens with one attached hydrogen (secondary N) is 2. The second-order valence-electron chi connectivity index (χ2n) is 7.58. The van der Waals surface area contributed by atoms with Gasteiger partial charge in [0.15, 0.2) is 5.12 Å². The number of carbonyl (C=O) groups excluding carboxylic acids is 3. The van der Waals surface area contributed by atoms with E-state index < -0.39 is 31.9 Å². The van der Waals surface area contributed by atoms with Gasteiger partial charge in [0.05, 0.1) is 6.61 Å². The molecule has 5 N–H and O–H groups in total. The molecule has 0 aromatic rings. The van der Waals surface area contributed by atoms with Crippen LogP contribution in [0.25, 0.3) is 0 Å². The summed E-state index contributed by atoms with van der Waals surface area (Å²) in [5, 5.41) is 15.2. The summed E-state index contributed by atoms with van der Waals surface area (Å²) in [7, 11) is -4.71. The average molecular weight is 471 g/mol. The molecule has 0 aromatic carbocycles. The van der Waals surface area contributed by atoms with Gasteiger partial charge in [-0.15, -0.1) is 0 Å². The van der Waals surface area contributed by atoms with Gasteiger partial charge < -0.3 is 25.5 Å². The van der Waals surface area contributed by atoms with Crippen LogP contribution in [0.2, 0.25) is 0 Å². The van der Waals surface area contributed by atoms with Crippen molar-refractivity contribution in [1.82, 2.24) is 10.6 Å². The number of hydrogen-bond donors (Lipinski definition) is 5. The molecule has 30 heavy (non-hydrogen) atoms. The molecular weight excluding hydrogens is 435 g/mol. The molecule has 0 rings (SSSR count). The maximum absolute atomic E-state index is 12.0. The van der Waals surface area contributed by atoms with E-state index in [1.54, 1.807) is 0 Å². The number of phosphoric ester groups is 1. The molecule has 2 amide bonds. The fourth-order valence-electron chi connectivity index (χ4n) is 2.29. The number of phosphoric acid groups is 1. The van der Waals surface area contributed by atoms with E-state index in [4.69, 9.17) is 9.79 Å². The molecule has 0 aromatic heterocycles. The molecule has 0 aliphatic carbocycles. The van der Waals surface area contributed by atoms with Crippen LogP contribution in [-0.4, -0.2) is 63.4 Å². The number of unbranched alkanes of at least 4 members (excludes halogenated alkanes) is 3. The van der Waals surface area contributed by atoms with Crippen molar-refractivity contribution in [3.8, 4) is 0 Å². The zero-order valence-corrected chi connectivity index (χ0v) is 19.6. The van der Waals surface area contributed by atoms with Crippen LogP contribution in [0.3, 0.4) is 0 Å². The first-order valence-electron chi connectivity index (χ1n) is 9.97. The molecule has 0 aliphatic heterocycles. The first-order valence-corrected chi connectivity index (χ1v) is 12.5. The third-order valence-corrected chi connectivity index (χ3v) is 5.57. The SMILES string of the molecule is CCCCCCC(=O)SCCNC(=O)CCNC(=O)[C@H](O)C(C)(C)COP(=O)(O)O. The molecule has 10 nitrogen and oxygen atoms in total. The van der Waals surface area contributed by atoms with E-state index in [9.17, 15) is 24.1 Å². The average Bonchev–Trinajstić information content (AvgIpc) is 2.66.